The molecule has 0 saturated carbocycles. The number of aromatic amines is 1. The summed E-state index contributed by atoms with van der Waals surface area (Å²) >= 11 is 0. The van der Waals surface area contributed by atoms with Gasteiger partial charge < -0.3 is 4.98 Å². The standard InChI is InChI=1S/C21H19N5/c1-2-9-22-18(6-1)21-24-12-16-8-11-26(14-19(16)25-21)13-17-5-3-4-15-7-10-23-20(15)17/h1-7,9-10,12,23H,8,11,13-14H2. The van der Waals surface area contributed by atoms with Crippen LogP contribution in [0.3, 0.4) is 0 Å². The van der Waals surface area contributed by atoms with Crippen molar-refractivity contribution in [1.82, 2.24) is 24.8 Å². The van der Waals surface area contributed by atoms with Crippen LogP contribution in [0.2, 0.25) is 0 Å². The molecule has 0 aliphatic carbocycles. The fraction of sp³-hybridized carbons (Fsp3) is 0.190. The van der Waals surface area contributed by atoms with Gasteiger partial charge in [0.2, 0.25) is 0 Å². The van der Waals surface area contributed by atoms with Gasteiger partial charge in [0.05, 0.1) is 5.69 Å². The molecule has 4 aromatic rings. The summed E-state index contributed by atoms with van der Waals surface area (Å²) in [6, 6.07) is 14.4. The molecule has 5 rings (SSSR count). The van der Waals surface area contributed by atoms with E-state index in [1.807, 2.05) is 30.6 Å². The average molecular weight is 341 g/mol. The van der Waals surface area contributed by atoms with Crippen molar-refractivity contribution in [3.8, 4) is 11.5 Å². The van der Waals surface area contributed by atoms with Crippen LogP contribution in [0.15, 0.2) is 61.1 Å². The Kier molecular flexibility index (Phi) is 3.72. The van der Waals surface area contributed by atoms with Gasteiger partial charge in [-0.3, -0.25) is 9.88 Å². The third kappa shape index (κ3) is 2.76. The lowest BCUT2D eigenvalue weighted by molar-refractivity contribution is 0.242. The van der Waals surface area contributed by atoms with E-state index in [9.17, 15) is 0 Å². The summed E-state index contributed by atoms with van der Waals surface area (Å²) in [5.74, 6) is 0.706. The first-order chi connectivity index (χ1) is 12.9. The van der Waals surface area contributed by atoms with Gasteiger partial charge in [0, 0.05) is 43.7 Å². The molecule has 0 amide bonds. The van der Waals surface area contributed by atoms with Crippen molar-refractivity contribution in [2.75, 3.05) is 6.54 Å². The number of hydrogen-bond donors (Lipinski definition) is 1. The molecule has 128 valence electrons. The summed E-state index contributed by atoms with van der Waals surface area (Å²) in [6.07, 6.45) is 6.74. The van der Waals surface area contributed by atoms with Crippen LogP contribution in [0.1, 0.15) is 16.8 Å². The van der Waals surface area contributed by atoms with E-state index in [-0.39, 0.29) is 0 Å². The lowest BCUT2D eigenvalue weighted by Gasteiger charge is -2.28. The van der Waals surface area contributed by atoms with Crippen LogP contribution in [0.5, 0.6) is 0 Å². The highest BCUT2D eigenvalue weighted by molar-refractivity contribution is 5.82. The van der Waals surface area contributed by atoms with Crippen molar-refractivity contribution >= 4 is 10.9 Å². The Morgan fingerprint density at radius 2 is 2.04 bits per heavy atom. The minimum atomic E-state index is 0.706. The average Bonchev–Trinajstić information content (AvgIpc) is 3.18. The Hall–Kier alpha value is -3.05. The number of hydrogen-bond acceptors (Lipinski definition) is 4. The first-order valence-corrected chi connectivity index (χ1v) is 8.90. The van der Waals surface area contributed by atoms with E-state index in [4.69, 9.17) is 4.98 Å². The third-order valence-electron chi connectivity index (χ3n) is 4.99. The summed E-state index contributed by atoms with van der Waals surface area (Å²) in [5, 5.41) is 1.26. The molecule has 0 radical (unpaired) electrons. The van der Waals surface area contributed by atoms with Crippen LogP contribution < -0.4 is 0 Å². The molecule has 1 N–H and O–H groups in total. The molecule has 0 unspecified atom stereocenters. The topological polar surface area (TPSA) is 57.7 Å². The molecule has 1 aromatic carbocycles. The van der Waals surface area contributed by atoms with Gasteiger partial charge in [0.1, 0.15) is 5.69 Å². The first-order valence-electron chi connectivity index (χ1n) is 8.90. The molecular weight excluding hydrogens is 322 g/mol. The minimum absolute atomic E-state index is 0.706. The highest BCUT2D eigenvalue weighted by Crippen LogP contribution is 2.23. The van der Waals surface area contributed by atoms with Crippen molar-refractivity contribution in [2.24, 2.45) is 0 Å². The highest BCUT2D eigenvalue weighted by Gasteiger charge is 2.20. The zero-order valence-electron chi connectivity index (χ0n) is 14.4. The molecule has 5 nitrogen and oxygen atoms in total. The number of aromatic nitrogens is 4. The predicted octanol–water partition coefficient (Wildman–Crippen LogP) is 3.58. The van der Waals surface area contributed by atoms with Crippen LogP contribution in [-0.2, 0) is 19.5 Å². The van der Waals surface area contributed by atoms with Gasteiger partial charge in [0.25, 0.3) is 0 Å². The van der Waals surface area contributed by atoms with E-state index < -0.39 is 0 Å². The lowest BCUT2D eigenvalue weighted by atomic mass is 10.0. The lowest BCUT2D eigenvalue weighted by Crippen LogP contribution is -2.31. The monoisotopic (exact) mass is 341 g/mol. The molecular formula is C21H19N5. The Labute approximate surface area is 151 Å². The third-order valence-corrected chi connectivity index (χ3v) is 4.99. The molecule has 4 heterocycles. The maximum Gasteiger partial charge on any atom is 0.178 e. The molecule has 1 aliphatic rings. The molecule has 1 aliphatic heterocycles. The van der Waals surface area contributed by atoms with Crippen molar-refractivity contribution in [3.05, 3.63) is 77.9 Å². The van der Waals surface area contributed by atoms with Crippen LogP contribution in [0, 0.1) is 0 Å². The summed E-state index contributed by atoms with van der Waals surface area (Å²) in [4.78, 5) is 19.5. The summed E-state index contributed by atoms with van der Waals surface area (Å²) in [6.45, 7) is 2.78. The van der Waals surface area contributed by atoms with Crippen molar-refractivity contribution in [3.63, 3.8) is 0 Å². The van der Waals surface area contributed by atoms with Gasteiger partial charge in [0.15, 0.2) is 5.82 Å². The quantitative estimate of drug-likeness (QED) is 0.619. The number of para-hydroxylation sites is 1. The highest BCUT2D eigenvalue weighted by atomic mass is 15.1. The van der Waals surface area contributed by atoms with Crippen molar-refractivity contribution in [2.45, 2.75) is 19.5 Å². The normalized spacial score (nSPS) is 14.5. The van der Waals surface area contributed by atoms with Crippen LogP contribution in [0.4, 0.5) is 0 Å². The molecule has 0 fully saturated rings. The molecule has 0 spiro atoms. The van der Waals surface area contributed by atoms with Crippen LogP contribution in [-0.4, -0.2) is 31.4 Å². The number of fused-ring (bicyclic) bond motifs is 2. The largest absolute Gasteiger partial charge is 0.361 e. The number of H-pyrrole nitrogens is 1. The van der Waals surface area contributed by atoms with E-state index in [1.165, 1.54) is 22.0 Å². The van der Waals surface area contributed by atoms with Gasteiger partial charge >= 0.3 is 0 Å². The maximum atomic E-state index is 4.80. The number of benzene rings is 1. The summed E-state index contributed by atoms with van der Waals surface area (Å²) < 4.78 is 0. The van der Waals surface area contributed by atoms with E-state index in [2.05, 4.69) is 44.1 Å². The molecule has 26 heavy (non-hydrogen) atoms. The number of rotatable bonds is 3. The number of pyridine rings is 1. The molecule has 5 heteroatoms. The summed E-state index contributed by atoms with van der Waals surface area (Å²) in [7, 11) is 0. The fourth-order valence-electron chi connectivity index (χ4n) is 3.63. The van der Waals surface area contributed by atoms with E-state index in [0.29, 0.717) is 5.82 Å². The van der Waals surface area contributed by atoms with Crippen molar-refractivity contribution < 1.29 is 0 Å². The Morgan fingerprint density at radius 1 is 1.04 bits per heavy atom. The molecule has 0 atom stereocenters. The zero-order valence-corrected chi connectivity index (χ0v) is 14.4. The maximum absolute atomic E-state index is 4.80. The minimum Gasteiger partial charge on any atom is -0.361 e. The molecule has 0 bridgehead atoms. The Bertz CT molecular complexity index is 1050. The summed E-state index contributed by atoms with van der Waals surface area (Å²) in [5.41, 5.74) is 5.75. The van der Waals surface area contributed by atoms with Crippen molar-refractivity contribution in [1.29, 1.82) is 0 Å². The number of nitrogens with zero attached hydrogens (tertiary/aromatic N) is 4. The SMILES string of the molecule is c1ccc(-c2ncc3c(n2)CN(Cc2cccc4cc[nH]c24)CC3)nc1. The predicted molar refractivity (Wildman–Crippen MR) is 101 cm³/mol. The van der Waals surface area contributed by atoms with Gasteiger partial charge in [-0.25, -0.2) is 9.97 Å². The Balaban J connectivity index is 1.41. The van der Waals surface area contributed by atoms with Gasteiger partial charge in [-0.15, -0.1) is 0 Å². The van der Waals surface area contributed by atoms with Crippen LogP contribution in [0.25, 0.3) is 22.4 Å². The van der Waals surface area contributed by atoms with E-state index in [1.54, 1.807) is 6.20 Å². The van der Waals surface area contributed by atoms with E-state index in [0.717, 1.165) is 37.4 Å². The molecule has 3 aromatic heterocycles. The zero-order chi connectivity index (χ0) is 17.3. The second-order valence-electron chi connectivity index (χ2n) is 6.70. The van der Waals surface area contributed by atoms with Gasteiger partial charge in [-0.1, -0.05) is 24.3 Å². The molecule has 0 saturated heterocycles. The second-order valence-corrected chi connectivity index (χ2v) is 6.70. The smallest absolute Gasteiger partial charge is 0.178 e. The van der Waals surface area contributed by atoms with Gasteiger partial charge in [-0.05, 0) is 41.1 Å². The Morgan fingerprint density at radius 3 is 2.96 bits per heavy atom. The van der Waals surface area contributed by atoms with Gasteiger partial charge in [-0.2, -0.15) is 0 Å². The second kappa shape index (κ2) is 6.35. The first kappa shape index (κ1) is 15.2. The fourth-order valence-corrected chi connectivity index (χ4v) is 3.63. The van der Waals surface area contributed by atoms with E-state index >= 15 is 0 Å². The van der Waals surface area contributed by atoms with Crippen LogP contribution >= 0.6 is 0 Å². The number of nitrogens with one attached hydrogen (secondary N) is 1.